The van der Waals surface area contributed by atoms with Gasteiger partial charge in [-0.1, -0.05) is 144 Å². The lowest BCUT2D eigenvalue weighted by Crippen LogP contribution is -2.17. The normalized spacial score (nSPS) is 12.8. The highest BCUT2D eigenvalue weighted by atomic mass is 16.3. The summed E-state index contributed by atoms with van der Waals surface area (Å²) in [7, 11) is 0. The Kier molecular flexibility index (Phi) is 8.88. The molecule has 4 heteroatoms. The number of aromatic hydroxyl groups is 2. The van der Waals surface area contributed by atoms with Crippen LogP contribution in [0.2, 0.25) is 0 Å². The molecule has 0 bridgehead atoms. The van der Waals surface area contributed by atoms with Gasteiger partial charge in [0, 0.05) is 33.4 Å². The Labute approximate surface area is 288 Å². The molecule has 0 spiro atoms. The zero-order valence-corrected chi connectivity index (χ0v) is 30.9. The van der Waals surface area contributed by atoms with E-state index in [0.29, 0.717) is 22.9 Å². The van der Waals surface area contributed by atoms with Gasteiger partial charge in [-0.05, 0) is 56.0 Å². The second-order valence-electron chi connectivity index (χ2n) is 17.2. The van der Waals surface area contributed by atoms with Crippen molar-refractivity contribution in [2.45, 2.75) is 105 Å². The predicted octanol–water partition coefficient (Wildman–Crippen LogP) is 11.7. The fourth-order valence-corrected chi connectivity index (χ4v) is 6.20. The molecule has 0 aliphatic rings. The predicted molar refractivity (Wildman–Crippen MR) is 202 cm³/mol. The van der Waals surface area contributed by atoms with Gasteiger partial charge in [-0.15, -0.1) is 0 Å². The third-order valence-electron chi connectivity index (χ3n) is 9.19. The minimum Gasteiger partial charge on any atom is -0.507 e. The van der Waals surface area contributed by atoms with Crippen LogP contribution in [0.3, 0.4) is 0 Å². The zero-order valence-electron chi connectivity index (χ0n) is 30.9. The van der Waals surface area contributed by atoms with E-state index in [-0.39, 0.29) is 21.7 Å². The van der Waals surface area contributed by atoms with Crippen LogP contribution in [0.15, 0.2) is 85.2 Å². The standard InChI is InChI=1S/C44H52N2O2/c1-41(2,3)27-21-33(39(47)35(23-27)43(7,8)9)29-17-13-15-19-31(29)37-25-45-26-38(46-37)32-20-16-14-18-30(32)34-22-28(42(4,5)6)24-36(40(34)48)44(10,11)12/h13-26,47-48H,1-12H3. The maximum absolute atomic E-state index is 11.8. The number of aromatic nitrogens is 2. The number of phenolic OH excluding ortho intramolecular Hbond substituents is 2. The highest BCUT2D eigenvalue weighted by Gasteiger charge is 2.28. The van der Waals surface area contributed by atoms with E-state index in [1.54, 1.807) is 12.4 Å². The molecule has 0 aliphatic heterocycles. The van der Waals surface area contributed by atoms with Crippen molar-refractivity contribution < 1.29 is 10.2 Å². The molecule has 0 saturated heterocycles. The van der Waals surface area contributed by atoms with Gasteiger partial charge in [0.1, 0.15) is 11.5 Å². The summed E-state index contributed by atoms with van der Waals surface area (Å²) >= 11 is 0. The largest absolute Gasteiger partial charge is 0.507 e. The Morgan fingerprint density at radius 2 is 0.750 bits per heavy atom. The van der Waals surface area contributed by atoms with Crippen LogP contribution in [-0.2, 0) is 21.7 Å². The summed E-state index contributed by atoms with van der Waals surface area (Å²) in [6.07, 6.45) is 3.57. The van der Waals surface area contributed by atoms with E-state index in [1.807, 2.05) is 36.4 Å². The van der Waals surface area contributed by atoms with Crippen LogP contribution < -0.4 is 0 Å². The molecule has 0 aliphatic carbocycles. The molecule has 0 radical (unpaired) electrons. The maximum atomic E-state index is 11.8. The van der Waals surface area contributed by atoms with Crippen molar-refractivity contribution in [2.75, 3.05) is 0 Å². The van der Waals surface area contributed by atoms with Gasteiger partial charge in [0.15, 0.2) is 0 Å². The fourth-order valence-electron chi connectivity index (χ4n) is 6.20. The highest BCUT2D eigenvalue weighted by molar-refractivity contribution is 5.89. The van der Waals surface area contributed by atoms with Gasteiger partial charge >= 0.3 is 0 Å². The van der Waals surface area contributed by atoms with Gasteiger partial charge in [0.05, 0.1) is 23.8 Å². The van der Waals surface area contributed by atoms with Crippen molar-refractivity contribution >= 4 is 0 Å². The molecule has 0 saturated carbocycles. The van der Waals surface area contributed by atoms with Crippen LogP contribution in [0.1, 0.15) is 105 Å². The molecule has 48 heavy (non-hydrogen) atoms. The lowest BCUT2D eigenvalue weighted by Gasteiger charge is -2.28. The molecule has 4 nitrogen and oxygen atoms in total. The Balaban J connectivity index is 1.72. The monoisotopic (exact) mass is 640 g/mol. The molecule has 0 atom stereocenters. The first-order chi connectivity index (χ1) is 22.2. The molecule has 0 fully saturated rings. The average Bonchev–Trinajstić information content (AvgIpc) is 2.99. The summed E-state index contributed by atoms with van der Waals surface area (Å²) < 4.78 is 0. The van der Waals surface area contributed by atoms with Crippen molar-refractivity contribution in [3.8, 4) is 56.3 Å². The number of hydrogen-bond donors (Lipinski definition) is 2. The van der Waals surface area contributed by atoms with Crippen LogP contribution in [0.5, 0.6) is 11.5 Å². The topological polar surface area (TPSA) is 66.2 Å². The molecule has 4 aromatic carbocycles. The van der Waals surface area contributed by atoms with Crippen LogP contribution >= 0.6 is 0 Å². The van der Waals surface area contributed by atoms with Crippen LogP contribution in [0.25, 0.3) is 44.8 Å². The quantitative estimate of drug-likeness (QED) is 0.205. The van der Waals surface area contributed by atoms with Gasteiger partial charge in [-0.3, -0.25) is 4.98 Å². The Morgan fingerprint density at radius 3 is 1.06 bits per heavy atom. The maximum Gasteiger partial charge on any atom is 0.127 e. The van der Waals surface area contributed by atoms with Gasteiger partial charge in [-0.25, -0.2) is 4.98 Å². The average molecular weight is 641 g/mol. The fraction of sp³-hybridized carbons (Fsp3) is 0.364. The van der Waals surface area contributed by atoms with Gasteiger partial charge in [0.25, 0.3) is 0 Å². The van der Waals surface area contributed by atoms with Crippen molar-refractivity contribution in [2.24, 2.45) is 0 Å². The molecule has 250 valence electrons. The number of phenols is 2. The third-order valence-corrected chi connectivity index (χ3v) is 9.19. The summed E-state index contributed by atoms with van der Waals surface area (Å²) in [4.78, 5) is 9.90. The Morgan fingerprint density at radius 1 is 0.417 bits per heavy atom. The minimum absolute atomic E-state index is 0.108. The molecule has 5 aromatic rings. The molecular weight excluding hydrogens is 588 g/mol. The molecule has 0 unspecified atom stereocenters. The Hall–Kier alpha value is -4.44. The van der Waals surface area contributed by atoms with Gasteiger partial charge in [0.2, 0.25) is 0 Å². The number of hydrogen-bond acceptors (Lipinski definition) is 4. The first kappa shape index (κ1) is 34.9. The second kappa shape index (κ2) is 12.2. The molecule has 2 N–H and O–H groups in total. The summed E-state index contributed by atoms with van der Waals surface area (Å²) in [5.41, 5.74) is 10.0. The number of rotatable bonds is 4. The summed E-state index contributed by atoms with van der Waals surface area (Å²) in [5, 5.41) is 23.5. The first-order valence-electron chi connectivity index (χ1n) is 17.0. The summed E-state index contributed by atoms with van der Waals surface area (Å²) in [6.45, 7) is 26.0. The molecule has 5 rings (SSSR count). The van der Waals surface area contributed by atoms with Crippen LogP contribution in [0, 0.1) is 0 Å². The third kappa shape index (κ3) is 6.90. The molecule has 1 aromatic heterocycles. The summed E-state index contributed by atoms with van der Waals surface area (Å²) in [6, 6.07) is 24.7. The number of nitrogens with zero attached hydrogens (tertiary/aromatic N) is 2. The van der Waals surface area contributed by atoms with E-state index in [0.717, 1.165) is 55.6 Å². The highest BCUT2D eigenvalue weighted by Crippen LogP contribution is 2.46. The zero-order chi connectivity index (χ0) is 35.4. The SMILES string of the molecule is CC(C)(C)c1cc(-c2ccccc2-c2cncc(-c3ccccc3-c3cc(C(C)(C)C)cc(C(C)(C)C)c3O)n2)c(O)c(C(C)(C)C)c1. The van der Waals surface area contributed by atoms with Crippen molar-refractivity contribution in [3.05, 3.63) is 107 Å². The smallest absolute Gasteiger partial charge is 0.127 e. The van der Waals surface area contributed by atoms with Gasteiger partial charge < -0.3 is 10.2 Å². The van der Waals surface area contributed by atoms with E-state index in [9.17, 15) is 10.2 Å². The lowest BCUT2D eigenvalue weighted by molar-refractivity contribution is 0.446. The van der Waals surface area contributed by atoms with E-state index in [4.69, 9.17) is 9.97 Å². The second-order valence-corrected chi connectivity index (χ2v) is 17.2. The van der Waals surface area contributed by atoms with Gasteiger partial charge in [-0.2, -0.15) is 0 Å². The first-order valence-corrected chi connectivity index (χ1v) is 17.0. The minimum atomic E-state index is -0.249. The van der Waals surface area contributed by atoms with Crippen LogP contribution in [-0.4, -0.2) is 20.2 Å². The molecule has 0 amide bonds. The number of benzene rings is 4. The summed E-state index contributed by atoms with van der Waals surface area (Å²) in [5.74, 6) is 0.586. The van der Waals surface area contributed by atoms with Crippen LogP contribution in [0.4, 0.5) is 0 Å². The van der Waals surface area contributed by atoms with E-state index in [1.165, 1.54) is 0 Å². The van der Waals surface area contributed by atoms with E-state index in [2.05, 4.69) is 119 Å². The van der Waals surface area contributed by atoms with E-state index < -0.39 is 0 Å². The van der Waals surface area contributed by atoms with Crippen molar-refractivity contribution in [3.63, 3.8) is 0 Å². The lowest BCUT2D eigenvalue weighted by atomic mass is 9.77. The van der Waals surface area contributed by atoms with Crippen molar-refractivity contribution in [1.29, 1.82) is 0 Å². The molecular formula is C44H52N2O2. The molecule has 1 heterocycles. The van der Waals surface area contributed by atoms with E-state index >= 15 is 0 Å². The Bertz CT molecular complexity index is 1840. The van der Waals surface area contributed by atoms with Crippen molar-refractivity contribution in [1.82, 2.24) is 9.97 Å².